The van der Waals surface area contributed by atoms with E-state index >= 15 is 0 Å². The first-order chi connectivity index (χ1) is 21.3. The number of nitrogens with one attached hydrogen (secondary N) is 2. The minimum Gasteiger partial charge on any atom is -0.375 e. The fourth-order valence-corrected chi connectivity index (χ4v) is 5.84. The van der Waals surface area contributed by atoms with Gasteiger partial charge in [0.15, 0.2) is 5.13 Å². The van der Waals surface area contributed by atoms with E-state index in [1.165, 1.54) is 28.5 Å². The summed E-state index contributed by atoms with van der Waals surface area (Å²) >= 11 is 1.36. The summed E-state index contributed by atoms with van der Waals surface area (Å²) in [6, 6.07) is 21.3. The maximum atomic E-state index is 14.0. The summed E-state index contributed by atoms with van der Waals surface area (Å²) < 4.78 is 14.2. The van der Waals surface area contributed by atoms with Crippen molar-refractivity contribution in [2.75, 3.05) is 31.9 Å². The number of carbonyl (C=O) groups is 3. The van der Waals surface area contributed by atoms with Crippen molar-refractivity contribution in [1.82, 2.24) is 30.5 Å². The van der Waals surface area contributed by atoms with Crippen molar-refractivity contribution in [1.29, 1.82) is 5.26 Å². The van der Waals surface area contributed by atoms with Crippen LogP contribution in [0.1, 0.15) is 16.7 Å². The zero-order chi connectivity index (χ0) is 31.1. The van der Waals surface area contributed by atoms with Crippen LogP contribution in [0, 0.1) is 17.1 Å². The molecule has 5 rings (SSSR count). The molecule has 0 saturated carbocycles. The molecule has 0 radical (unpaired) electrons. The first-order valence-electron chi connectivity index (χ1n) is 14.0. The number of urea groups is 1. The number of hydrazine groups is 1. The molecule has 11 nitrogen and oxygen atoms in total. The van der Waals surface area contributed by atoms with E-state index in [2.05, 4.69) is 15.6 Å². The van der Waals surface area contributed by atoms with E-state index in [1.54, 1.807) is 17.0 Å². The van der Waals surface area contributed by atoms with Gasteiger partial charge in [-0.1, -0.05) is 65.9 Å². The SMILES string of the molecule is N#CCN(C(=O)NCc1ccc(F)cc1)N1CCN(Cc2cccc3sc(N)nc23)C(=O)[C@H](Cc2ccccc2)NC(=O)C1. The molecular weight excluding hydrogens is 583 g/mol. The van der Waals surface area contributed by atoms with Gasteiger partial charge in [0.25, 0.3) is 0 Å². The lowest BCUT2D eigenvalue weighted by atomic mass is 10.0. The molecular formula is C31H31FN8O3S. The number of para-hydroxylation sites is 1. The first kappa shape index (κ1) is 30.4. The molecule has 0 unspecified atom stereocenters. The Morgan fingerprint density at radius 3 is 2.61 bits per heavy atom. The van der Waals surface area contributed by atoms with Crippen LogP contribution in [0.4, 0.5) is 14.3 Å². The van der Waals surface area contributed by atoms with Crippen molar-refractivity contribution in [2.45, 2.75) is 25.6 Å². The molecule has 1 aliphatic heterocycles. The molecule has 0 bridgehead atoms. The fraction of sp³-hybridized carbons (Fsp3) is 0.258. The highest BCUT2D eigenvalue weighted by Gasteiger charge is 2.32. The zero-order valence-electron chi connectivity index (χ0n) is 23.8. The molecule has 1 fully saturated rings. The number of nitrogens with zero attached hydrogens (tertiary/aromatic N) is 5. The minimum atomic E-state index is -0.860. The number of halogens is 1. The number of anilines is 1. The van der Waals surface area contributed by atoms with Gasteiger partial charge in [-0.15, -0.1) is 0 Å². The van der Waals surface area contributed by atoms with Gasteiger partial charge in [0, 0.05) is 32.6 Å². The number of fused-ring (bicyclic) bond motifs is 1. The summed E-state index contributed by atoms with van der Waals surface area (Å²) in [4.78, 5) is 46.7. The predicted octanol–water partition coefficient (Wildman–Crippen LogP) is 3.04. The molecule has 1 saturated heterocycles. The first-order valence-corrected chi connectivity index (χ1v) is 14.8. The Morgan fingerprint density at radius 1 is 1.09 bits per heavy atom. The quantitative estimate of drug-likeness (QED) is 0.259. The number of carbonyl (C=O) groups excluding carboxylic acids is 3. The van der Waals surface area contributed by atoms with E-state index in [9.17, 15) is 24.0 Å². The van der Waals surface area contributed by atoms with E-state index in [0.717, 1.165) is 20.8 Å². The molecule has 226 valence electrons. The van der Waals surface area contributed by atoms with E-state index in [-0.39, 0.29) is 51.6 Å². The normalized spacial score (nSPS) is 16.0. The Kier molecular flexibility index (Phi) is 9.63. The molecule has 4 N–H and O–H groups in total. The molecule has 1 aliphatic rings. The summed E-state index contributed by atoms with van der Waals surface area (Å²) in [5.74, 6) is -1.14. The summed E-state index contributed by atoms with van der Waals surface area (Å²) in [6.07, 6.45) is 0.274. The van der Waals surface area contributed by atoms with E-state index in [0.29, 0.717) is 16.2 Å². The third kappa shape index (κ3) is 7.47. The van der Waals surface area contributed by atoms with Crippen LogP contribution >= 0.6 is 11.3 Å². The Labute approximate surface area is 257 Å². The number of thiazole rings is 1. The summed E-state index contributed by atoms with van der Waals surface area (Å²) in [5, 5.41) is 18.2. The topological polar surface area (TPSA) is 148 Å². The highest BCUT2D eigenvalue weighted by atomic mass is 32.1. The molecule has 1 atom stereocenters. The number of nitrogens with two attached hydrogens (primary N) is 1. The lowest BCUT2D eigenvalue weighted by Crippen LogP contribution is -2.55. The van der Waals surface area contributed by atoms with Gasteiger partial charge >= 0.3 is 6.03 Å². The number of hydrogen-bond acceptors (Lipinski definition) is 8. The molecule has 1 aromatic heterocycles. The van der Waals surface area contributed by atoms with Crippen LogP contribution in [0.3, 0.4) is 0 Å². The molecule has 2 heterocycles. The average molecular weight is 615 g/mol. The minimum absolute atomic E-state index is 0.0889. The van der Waals surface area contributed by atoms with Gasteiger partial charge in [0.2, 0.25) is 11.8 Å². The molecule has 44 heavy (non-hydrogen) atoms. The Bertz CT molecular complexity index is 1680. The van der Waals surface area contributed by atoms with Crippen LogP contribution in [0.2, 0.25) is 0 Å². The largest absolute Gasteiger partial charge is 0.375 e. The van der Waals surface area contributed by atoms with Crippen LogP contribution < -0.4 is 16.4 Å². The Hall–Kier alpha value is -5.06. The molecule has 0 spiro atoms. The maximum absolute atomic E-state index is 14.0. The number of amides is 4. The fourth-order valence-electron chi connectivity index (χ4n) is 5.06. The lowest BCUT2D eigenvalue weighted by molar-refractivity contribution is -0.136. The zero-order valence-corrected chi connectivity index (χ0v) is 24.6. The smallest absolute Gasteiger partial charge is 0.333 e. The number of rotatable bonds is 8. The second-order valence-corrected chi connectivity index (χ2v) is 11.3. The standard InChI is InChI=1S/C31H31FN8O3S/c32-24-11-9-22(10-12-24)18-35-31(43)40(14-13-33)39-16-15-38(19-23-7-4-8-26-28(23)37-30(34)44-26)29(42)25(36-27(41)20-39)17-21-5-2-1-3-6-21/h1-12,25H,14-20H2,(H2,34,37)(H,35,43)(H,36,41)/t25-/m0/s1. The van der Waals surface area contributed by atoms with E-state index < -0.39 is 23.8 Å². The van der Waals surface area contributed by atoms with Gasteiger partial charge < -0.3 is 21.3 Å². The van der Waals surface area contributed by atoms with Crippen LogP contribution in [0.15, 0.2) is 72.8 Å². The van der Waals surface area contributed by atoms with Crippen molar-refractivity contribution in [3.8, 4) is 6.07 Å². The van der Waals surface area contributed by atoms with Gasteiger partial charge in [0.1, 0.15) is 18.4 Å². The molecule has 4 aromatic rings. The predicted molar refractivity (Wildman–Crippen MR) is 164 cm³/mol. The van der Waals surface area contributed by atoms with Crippen molar-refractivity contribution < 1.29 is 18.8 Å². The van der Waals surface area contributed by atoms with Crippen LogP contribution in [0.25, 0.3) is 10.2 Å². The third-order valence-electron chi connectivity index (χ3n) is 7.22. The number of benzene rings is 3. The number of aromatic nitrogens is 1. The van der Waals surface area contributed by atoms with E-state index in [4.69, 9.17) is 5.73 Å². The third-order valence-corrected chi connectivity index (χ3v) is 8.07. The van der Waals surface area contributed by atoms with Gasteiger partial charge in [-0.05, 0) is 34.9 Å². The van der Waals surface area contributed by atoms with Crippen molar-refractivity contribution >= 4 is 44.5 Å². The summed E-state index contributed by atoms with van der Waals surface area (Å²) in [6.45, 7) is -0.0487. The van der Waals surface area contributed by atoms with Crippen molar-refractivity contribution in [3.05, 3.63) is 95.3 Å². The number of nitriles is 1. The van der Waals surface area contributed by atoms with Gasteiger partial charge in [-0.3, -0.25) is 9.59 Å². The van der Waals surface area contributed by atoms with Crippen LogP contribution in [-0.2, 0) is 29.1 Å². The number of hydrogen-bond donors (Lipinski definition) is 3. The second kappa shape index (κ2) is 13.9. The van der Waals surface area contributed by atoms with Crippen LogP contribution in [-0.4, -0.2) is 70.0 Å². The summed E-state index contributed by atoms with van der Waals surface area (Å²) in [7, 11) is 0. The summed E-state index contributed by atoms with van der Waals surface area (Å²) in [5.41, 5.74) is 9.01. The van der Waals surface area contributed by atoms with Crippen molar-refractivity contribution in [3.63, 3.8) is 0 Å². The Morgan fingerprint density at radius 2 is 1.86 bits per heavy atom. The monoisotopic (exact) mass is 614 g/mol. The van der Waals surface area contributed by atoms with Crippen LogP contribution in [0.5, 0.6) is 0 Å². The highest BCUT2D eigenvalue weighted by molar-refractivity contribution is 7.22. The van der Waals surface area contributed by atoms with Gasteiger partial charge in [0.05, 0.1) is 22.8 Å². The highest BCUT2D eigenvalue weighted by Crippen LogP contribution is 2.27. The van der Waals surface area contributed by atoms with Gasteiger partial charge in [-0.25, -0.2) is 24.2 Å². The molecule has 13 heteroatoms. The van der Waals surface area contributed by atoms with Gasteiger partial charge in [-0.2, -0.15) is 5.26 Å². The number of nitrogen functional groups attached to an aromatic ring is 1. The van der Waals surface area contributed by atoms with E-state index in [1.807, 2.05) is 54.6 Å². The van der Waals surface area contributed by atoms with Crippen molar-refractivity contribution in [2.24, 2.45) is 0 Å². The molecule has 4 amide bonds. The maximum Gasteiger partial charge on any atom is 0.333 e. The lowest BCUT2D eigenvalue weighted by Gasteiger charge is -2.33. The molecule has 3 aromatic carbocycles. The Balaban J connectivity index is 1.41. The molecule has 0 aliphatic carbocycles. The second-order valence-electron chi connectivity index (χ2n) is 10.3. The average Bonchev–Trinajstić information content (AvgIpc) is 3.43.